The Morgan fingerprint density at radius 3 is 2.83 bits per heavy atom. The highest BCUT2D eigenvalue weighted by Gasteiger charge is 1.78. The quantitative estimate of drug-likeness (QED) is 0.381. The van der Waals surface area contributed by atoms with Gasteiger partial charge in [0.15, 0.2) is 7.85 Å². The molecule has 2 nitrogen and oxygen atoms in total. The fourth-order valence-electron chi connectivity index (χ4n) is 0.228. The maximum absolute atomic E-state index is 3.69. The van der Waals surface area contributed by atoms with Crippen molar-refractivity contribution in [3.05, 3.63) is 5.51 Å². The Bertz CT molecular complexity index is 115. The summed E-state index contributed by atoms with van der Waals surface area (Å²) in [5, 5.41) is 7.28. The van der Waals surface area contributed by atoms with Gasteiger partial charge in [0, 0.05) is 0 Å². The Morgan fingerprint density at radius 1 is 1.83 bits per heavy atom. The monoisotopic (exact) mass is 98.0 g/mol. The molecule has 0 aliphatic carbocycles. The van der Waals surface area contributed by atoms with Crippen LogP contribution in [-0.4, -0.2) is 18.0 Å². The summed E-state index contributed by atoms with van der Waals surface area (Å²) >= 11 is 1.56. The molecule has 0 spiro atoms. The van der Waals surface area contributed by atoms with Gasteiger partial charge in [0.25, 0.3) is 0 Å². The minimum atomic E-state index is 1.02. The molecule has 1 aromatic rings. The number of nitrogens with zero attached hydrogens (tertiary/aromatic N) is 2. The highest BCUT2D eigenvalue weighted by atomic mass is 32.1. The van der Waals surface area contributed by atoms with Crippen LogP contribution in [0.4, 0.5) is 0 Å². The van der Waals surface area contributed by atoms with Gasteiger partial charge in [-0.15, -0.1) is 16.4 Å². The van der Waals surface area contributed by atoms with Crippen LogP contribution >= 0.6 is 11.3 Å². The molecule has 1 aromatic heterocycles. The lowest BCUT2D eigenvalue weighted by molar-refractivity contribution is 1.11. The fraction of sp³-hybridized carbons (Fsp3) is 0. The molecule has 4 heteroatoms. The summed E-state index contributed by atoms with van der Waals surface area (Å²) in [5.74, 6) is 0. The van der Waals surface area contributed by atoms with Gasteiger partial charge >= 0.3 is 0 Å². The van der Waals surface area contributed by atoms with Gasteiger partial charge in [-0.3, -0.25) is 0 Å². The predicted molar refractivity (Wildman–Crippen MR) is 28.1 cm³/mol. The highest BCUT2D eigenvalue weighted by Crippen LogP contribution is 1.76. The Labute approximate surface area is 40.6 Å². The third-order valence-electron chi connectivity index (χ3n) is 0.469. The van der Waals surface area contributed by atoms with E-state index in [2.05, 4.69) is 10.2 Å². The van der Waals surface area contributed by atoms with Crippen molar-refractivity contribution in [2.24, 2.45) is 0 Å². The summed E-state index contributed by atoms with van der Waals surface area (Å²) in [5.41, 5.74) is 1.72. The van der Waals surface area contributed by atoms with E-state index < -0.39 is 0 Å². The van der Waals surface area contributed by atoms with Crippen LogP contribution in [0, 0.1) is 0 Å². The molecule has 1 heterocycles. The third kappa shape index (κ3) is 0.569. The lowest BCUT2D eigenvalue weighted by Gasteiger charge is -1.61. The lowest BCUT2D eigenvalue weighted by atomic mass is 10.2. The second kappa shape index (κ2) is 1.38. The Kier molecular flexibility index (Phi) is 0.878. The number of hydrogen-bond acceptors (Lipinski definition) is 3. The van der Waals surface area contributed by atoms with Gasteiger partial charge in [0.1, 0.15) is 5.51 Å². The van der Waals surface area contributed by atoms with Crippen LogP contribution in [0.25, 0.3) is 0 Å². The molecule has 0 saturated heterocycles. The summed E-state index contributed by atoms with van der Waals surface area (Å²) in [6.45, 7) is 0. The van der Waals surface area contributed by atoms with E-state index >= 15 is 0 Å². The standard InChI is InChI=1S/C2H3BN2S/c3-2-5-4-1-6-2/h1H,3H2. The van der Waals surface area contributed by atoms with Gasteiger partial charge in [-0.2, -0.15) is 5.10 Å². The van der Waals surface area contributed by atoms with E-state index in [-0.39, 0.29) is 0 Å². The highest BCUT2D eigenvalue weighted by molar-refractivity contribution is 7.17. The molecule has 0 amide bonds. The zero-order valence-electron chi connectivity index (χ0n) is 3.38. The van der Waals surface area contributed by atoms with Crippen molar-refractivity contribution in [1.82, 2.24) is 10.2 Å². The SMILES string of the molecule is Bc1nncs1. The van der Waals surface area contributed by atoms with Crippen LogP contribution in [-0.2, 0) is 0 Å². The maximum atomic E-state index is 3.69. The van der Waals surface area contributed by atoms with Crippen LogP contribution < -0.4 is 4.91 Å². The molecule has 0 radical (unpaired) electrons. The summed E-state index contributed by atoms with van der Waals surface area (Å²) in [6, 6.07) is 0. The van der Waals surface area contributed by atoms with Gasteiger partial charge in [-0.05, 0) is 0 Å². The van der Waals surface area contributed by atoms with E-state index in [1.807, 2.05) is 7.85 Å². The zero-order chi connectivity index (χ0) is 4.41. The van der Waals surface area contributed by atoms with Gasteiger partial charge in [-0.1, -0.05) is 0 Å². The third-order valence-corrected chi connectivity index (χ3v) is 1.09. The molecular weight excluding hydrogens is 94.9 g/mol. The number of hydrogen-bond donors (Lipinski definition) is 0. The topological polar surface area (TPSA) is 25.8 Å². The van der Waals surface area contributed by atoms with Crippen LogP contribution in [0.3, 0.4) is 0 Å². The van der Waals surface area contributed by atoms with E-state index in [1.165, 1.54) is 0 Å². The molecule has 0 saturated carbocycles. The van der Waals surface area contributed by atoms with Gasteiger partial charge in [-0.25, -0.2) is 0 Å². The van der Waals surface area contributed by atoms with Crippen molar-refractivity contribution in [3.63, 3.8) is 0 Å². The summed E-state index contributed by atoms with van der Waals surface area (Å²) in [7, 11) is 1.93. The minimum Gasteiger partial charge on any atom is -0.155 e. The smallest absolute Gasteiger partial charge is 0.155 e. The molecule has 0 aliphatic rings. The molecule has 6 heavy (non-hydrogen) atoms. The second-order valence-corrected chi connectivity index (χ2v) is 2.00. The van der Waals surface area contributed by atoms with Crippen molar-refractivity contribution in [3.8, 4) is 0 Å². The van der Waals surface area contributed by atoms with Gasteiger partial charge < -0.3 is 0 Å². The van der Waals surface area contributed by atoms with E-state index in [4.69, 9.17) is 0 Å². The van der Waals surface area contributed by atoms with Crippen molar-refractivity contribution >= 4 is 24.1 Å². The first kappa shape index (κ1) is 3.80. The molecule has 0 N–H and O–H groups in total. The number of rotatable bonds is 0. The Balaban J connectivity index is 3.05. The average molecular weight is 97.9 g/mol. The zero-order valence-corrected chi connectivity index (χ0v) is 4.20. The molecule has 0 aliphatic heterocycles. The molecular formula is C2H3BN2S. The van der Waals surface area contributed by atoms with E-state index in [9.17, 15) is 0 Å². The molecule has 1 rings (SSSR count). The first-order chi connectivity index (χ1) is 2.89. The number of aromatic nitrogens is 2. The normalized spacial score (nSPS) is 8.67. The van der Waals surface area contributed by atoms with E-state index in [1.54, 1.807) is 16.8 Å². The Morgan fingerprint density at radius 2 is 2.67 bits per heavy atom. The van der Waals surface area contributed by atoms with Crippen molar-refractivity contribution in [1.29, 1.82) is 0 Å². The predicted octanol–water partition coefficient (Wildman–Crippen LogP) is -1.20. The minimum absolute atomic E-state index is 1.02. The molecule has 0 bridgehead atoms. The largest absolute Gasteiger partial charge is 0.180 e. The van der Waals surface area contributed by atoms with Gasteiger partial charge in [0.2, 0.25) is 0 Å². The second-order valence-electron chi connectivity index (χ2n) is 0.958. The van der Waals surface area contributed by atoms with Crippen LogP contribution in [0.2, 0.25) is 0 Å². The van der Waals surface area contributed by atoms with E-state index in [0.717, 1.165) is 4.91 Å². The summed E-state index contributed by atoms with van der Waals surface area (Å²) < 4.78 is 0. The van der Waals surface area contributed by atoms with Crippen LogP contribution in [0.1, 0.15) is 0 Å². The van der Waals surface area contributed by atoms with Crippen molar-refractivity contribution < 1.29 is 0 Å². The van der Waals surface area contributed by atoms with Crippen LogP contribution in [0.5, 0.6) is 0 Å². The van der Waals surface area contributed by atoms with Crippen LogP contribution in [0.15, 0.2) is 5.51 Å². The maximum Gasteiger partial charge on any atom is 0.180 e. The fourth-order valence-corrected chi connectivity index (χ4v) is 0.569. The van der Waals surface area contributed by atoms with Crippen molar-refractivity contribution in [2.75, 3.05) is 0 Å². The molecule has 0 unspecified atom stereocenters. The molecule has 0 fully saturated rings. The Hall–Kier alpha value is -0.375. The van der Waals surface area contributed by atoms with Crippen molar-refractivity contribution in [2.45, 2.75) is 0 Å². The first-order valence-corrected chi connectivity index (χ1v) is 2.50. The van der Waals surface area contributed by atoms with E-state index in [0.29, 0.717) is 0 Å². The summed E-state index contributed by atoms with van der Waals surface area (Å²) in [6.07, 6.45) is 0. The first-order valence-electron chi connectivity index (χ1n) is 1.62. The summed E-state index contributed by atoms with van der Waals surface area (Å²) in [4.78, 5) is 1.02. The average Bonchev–Trinajstić information content (AvgIpc) is 1.86. The van der Waals surface area contributed by atoms with Gasteiger partial charge in [0.05, 0.1) is 4.91 Å². The molecule has 0 atom stereocenters. The molecule has 30 valence electrons. The molecule has 0 aromatic carbocycles. The lowest BCUT2D eigenvalue weighted by Crippen LogP contribution is -1.97.